The molecule has 1 aliphatic rings. The zero-order valence-corrected chi connectivity index (χ0v) is 19.4. The summed E-state index contributed by atoms with van der Waals surface area (Å²) in [6, 6.07) is 12.6. The lowest BCUT2D eigenvalue weighted by Gasteiger charge is -2.31. The van der Waals surface area contributed by atoms with E-state index in [-0.39, 0.29) is 5.91 Å². The van der Waals surface area contributed by atoms with Crippen LogP contribution in [0.1, 0.15) is 42.3 Å². The Hall–Kier alpha value is -2.99. The maximum Gasteiger partial charge on any atom is 0.222 e. The van der Waals surface area contributed by atoms with Crippen molar-refractivity contribution in [2.24, 2.45) is 7.05 Å². The maximum atomic E-state index is 12.9. The molecule has 1 fully saturated rings. The van der Waals surface area contributed by atoms with Crippen molar-refractivity contribution in [1.82, 2.24) is 19.4 Å². The molecule has 0 N–H and O–H groups in total. The Labute approximate surface area is 192 Å². The number of fused-ring (bicyclic) bond motifs is 1. The standard InChI is InChI=1S/C26H28N4OS/c1-18-15-23(21-11-14-32-17-21)28-26(27-18)19-9-12-30(13-10-19)25(31)8-7-20-16-29(2)24-6-4-3-5-22(20)24/h3-6,11,14-17,19H,7-10,12-13H2,1-2H3. The van der Waals surface area contributed by atoms with Crippen molar-refractivity contribution in [2.45, 2.75) is 38.5 Å². The first-order chi connectivity index (χ1) is 15.6. The number of aromatic nitrogens is 3. The third-order valence-electron chi connectivity index (χ3n) is 6.49. The number of thiophene rings is 1. The quantitative estimate of drug-likeness (QED) is 0.417. The normalized spacial score (nSPS) is 14.9. The highest BCUT2D eigenvalue weighted by Crippen LogP contribution is 2.29. The summed E-state index contributed by atoms with van der Waals surface area (Å²) in [6.45, 7) is 3.60. The fourth-order valence-electron chi connectivity index (χ4n) is 4.74. The minimum absolute atomic E-state index is 0.250. The number of aryl methyl sites for hydroxylation is 3. The smallest absolute Gasteiger partial charge is 0.222 e. The van der Waals surface area contributed by atoms with E-state index in [1.54, 1.807) is 11.3 Å². The molecule has 4 heterocycles. The molecule has 0 unspecified atom stereocenters. The van der Waals surface area contributed by atoms with Gasteiger partial charge in [0, 0.05) is 66.2 Å². The van der Waals surface area contributed by atoms with E-state index in [0.29, 0.717) is 12.3 Å². The lowest BCUT2D eigenvalue weighted by Crippen LogP contribution is -2.38. The highest BCUT2D eigenvalue weighted by molar-refractivity contribution is 7.08. The van der Waals surface area contributed by atoms with Gasteiger partial charge < -0.3 is 9.47 Å². The number of benzene rings is 1. The third kappa shape index (κ3) is 4.19. The Bertz CT molecular complexity index is 1240. The number of likely N-dealkylation sites (tertiary alicyclic amines) is 1. The Morgan fingerprint density at radius 1 is 1.16 bits per heavy atom. The number of carbonyl (C=O) groups is 1. The SMILES string of the molecule is Cc1cc(-c2ccsc2)nc(C2CCN(C(=O)CCc3cn(C)c4ccccc34)CC2)n1. The van der Waals surface area contributed by atoms with Gasteiger partial charge in [-0.1, -0.05) is 18.2 Å². The van der Waals surface area contributed by atoms with Crippen molar-refractivity contribution in [2.75, 3.05) is 13.1 Å². The molecule has 1 aromatic carbocycles. The average Bonchev–Trinajstić information content (AvgIpc) is 3.46. The van der Waals surface area contributed by atoms with Crippen LogP contribution >= 0.6 is 11.3 Å². The Kier molecular flexibility index (Phi) is 5.79. The first-order valence-corrected chi connectivity index (χ1v) is 12.2. The van der Waals surface area contributed by atoms with E-state index in [9.17, 15) is 4.79 Å². The number of hydrogen-bond donors (Lipinski definition) is 0. The lowest BCUT2D eigenvalue weighted by atomic mass is 9.95. The number of rotatable bonds is 5. The van der Waals surface area contributed by atoms with Gasteiger partial charge in [0.1, 0.15) is 5.82 Å². The summed E-state index contributed by atoms with van der Waals surface area (Å²) in [5.41, 5.74) is 5.63. The predicted molar refractivity (Wildman–Crippen MR) is 130 cm³/mol. The van der Waals surface area contributed by atoms with Crippen molar-refractivity contribution in [1.29, 1.82) is 0 Å². The number of hydrogen-bond acceptors (Lipinski definition) is 4. The molecule has 0 saturated carbocycles. The molecule has 5 rings (SSSR count). The number of amides is 1. The van der Waals surface area contributed by atoms with Crippen molar-refractivity contribution < 1.29 is 4.79 Å². The molecule has 0 aliphatic carbocycles. The van der Waals surface area contributed by atoms with E-state index < -0.39 is 0 Å². The van der Waals surface area contributed by atoms with Gasteiger partial charge in [-0.25, -0.2) is 9.97 Å². The minimum Gasteiger partial charge on any atom is -0.350 e. The van der Waals surface area contributed by atoms with E-state index in [0.717, 1.165) is 55.1 Å². The van der Waals surface area contributed by atoms with E-state index in [2.05, 4.69) is 65.0 Å². The van der Waals surface area contributed by atoms with Gasteiger partial charge >= 0.3 is 0 Å². The molecule has 32 heavy (non-hydrogen) atoms. The van der Waals surface area contributed by atoms with Crippen molar-refractivity contribution >= 4 is 28.1 Å². The maximum absolute atomic E-state index is 12.9. The summed E-state index contributed by atoms with van der Waals surface area (Å²) in [5, 5.41) is 5.46. The minimum atomic E-state index is 0.250. The molecule has 1 saturated heterocycles. The molecular weight excluding hydrogens is 416 g/mol. The van der Waals surface area contributed by atoms with Crippen LogP contribution in [-0.4, -0.2) is 38.4 Å². The molecule has 3 aromatic heterocycles. The first-order valence-electron chi connectivity index (χ1n) is 11.3. The van der Waals surface area contributed by atoms with Gasteiger partial charge in [-0.15, -0.1) is 0 Å². The van der Waals surface area contributed by atoms with Crippen LogP contribution in [0.15, 0.2) is 53.4 Å². The van der Waals surface area contributed by atoms with Crippen molar-refractivity contribution in [3.8, 4) is 11.3 Å². The summed E-state index contributed by atoms with van der Waals surface area (Å²) in [4.78, 5) is 24.5. The fraction of sp³-hybridized carbons (Fsp3) is 0.346. The molecular formula is C26H28N4OS. The first kappa shape index (κ1) is 20.9. The second-order valence-corrected chi connectivity index (χ2v) is 9.48. The van der Waals surface area contributed by atoms with Gasteiger partial charge in [-0.3, -0.25) is 4.79 Å². The molecule has 0 bridgehead atoms. The highest BCUT2D eigenvalue weighted by atomic mass is 32.1. The molecule has 164 valence electrons. The van der Waals surface area contributed by atoms with E-state index in [4.69, 9.17) is 9.97 Å². The van der Waals surface area contributed by atoms with E-state index >= 15 is 0 Å². The van der Waals surface area contributed by atoms with Gasteiger partial charge in [0.05, 0.1) is 5.69 Å². The van der Waals surface area contributed by atoms with Crippen LogP contribution in [0, 0.1) is 6.92 Å². The highest BCUT2D eigenvalue weighted by Gasteiger charge is 2.26. The van der Waals surface area contributed by atoms with Crippen LogP contribution in [0.4, 0.5) is 0 Å². The number of piperidine rings is 1. The molecule has 0 atom stereocenters. The molecule has 1 aliphatic heterocycles. The van der Waals surface area contributed by atoms with Gasteiger partial charge in [0.2, 0.25) is 5.91 Å². The zero-order valence-electron chi connectivity index (χ0n) is 18.6. The van der Waals surface area contributed by atoms with Crippen molar-refractivity contribution in [3.05, 3.63) is 70.4 Å². The van der Waals surface area contributed by atoms with Gasteiger partial charge in [-0.2, -0.15) is 11.3 Å². The summed E-state index contributed by atoms with van der Waals surface area (Å²) < 4.78 is 2.15. The molecule has 0 radical (unpaired) electrons. The van der Waals surface area contributed by atoms with Crippen LogP contribution in [-0.2, 0) is 18.3 Å². The second-order valence-electron chi connectivity index (χ2n) is 8.70. The van der Waals surface area contributed by atoms with E-state index in [1.165, 1.54) is 16.5 Å². The average molecular weight is 445 g/mol. The third-order valence-corrected chi connectivity index (χ3v) is 7.17. The molecule has 1 amide bonds. The molecule has 0 spiro atoms. The van der Waals surface area contributed by atoms with Crippen molar-refractivity contribution in [3.63, 3.8) is 0 Å². The number of para-hydroxylation sites is 1. The van der Waals surface area contributed by atoms with Crippen LogP contribution in [0.2, 0.25) is 0 Å². The predicted octanol–water partition coefficient (Wildman–Crippen LogP) is 5.34. The van der Waals surface area contributed by atoms with E-state index in [1.807, 2.05) is 11.8 Å². The van der Waals surface area contributed by atoms with Crippen LogP contribution in [0.3, 0.4) is 0 Å². The summed E-state index contributed by atoms with van der Waals surface area (Å²) in [5.74, 6) is 1.49. The Balaban J connectivity index is 1.21. The summed E-state index contributed by atoms with van der Waals surface area (Å²) in [6.07, 6.45) is 5.34. The van der Waals surface area contributed by atoms with Gasteiger partial charge in [0.15, 0.2) is 0 Å². The zero-order chi connectivity index (χ0) is 22.1. The Morgan fingerprint density at radius 2 is 1.97 bits per heavy atom. The number of nitrogens with zero attached hydrogens (tertiary/aromatic N) is 4. The molecule has 6 heteroatoms. The van der Waals surface area contributed by atoms with Crippen LogP contribution in [0.25, 0.3) is 22.2 Å². The molecule has 4 aromatic rings. The monoisotopic (exact) mass is 444 g/mol. The second kappa shape index (κ2) is 8.87. The summed E-state index contributed by atoms with van der Waals surface area (Å²) in [7, 11) is 2.07. The molecule has 5 nitrogen and oxygen atoms in total. The topological polar surface area (TPSA) is 51.0 Å². The lowest BCUT2D eigenvalue weighted by molar-refractivity contribution is -0.132. The van der Waals surface area contributed by atoms with Crippen LogP contribution in [0.5, 0.6) is 0 Å². The Morgan fingerprint density at radius 3 is 2.75 bits per heavy atom. The van der Waals surface area contributed by atoms with Gasteiger partial charge in [0.25, 0.3) is 0 Å². The largest absolute Gasteiger partial charge is 0.350 e. The van der Waals surface area contributed by atoms with Gasteiger partial charge in [-0.05, 0) is 55.3 Å². The number of carbonyl (C=O) groups excluding carboxylic acids is 1. The summed E-state index contributed by atoms with van der Waals surface area (Å²) >= 11 is 1.68. The van der Waals surface area contributed by atoms with Crippen LogP contribution < -0.4 is 0 Å². The fourth-order valence-corrected chi connectivity index (χ4v) is 5.39.